The molecule has 1 atom stereocenters. The van der Waals surface area contributed by atoms with E-state index < -0.39 is 5.54 Å². The second kappa shape index (κ2) is 5.09. The van der Waals surface area contributed by atoms with Crippen molar-refractivity contribution in [3.63, 3.8) is 0 Å². The number of rotatable bonds is 5. The third-order valence-electron chi connectivity index (χ3n) is 3.49. The molecule has 1 aliphatic rings. The maximum absolute atomic E-state index is 12.0. The van der Waals surface area contributed by atoms with Crippen molar-refractivity contribution in [2.75, 3.05) is 14.2 Å². The Balaban J connectivity index is 2.17. The van der Waals surface area contributed by atoms with Crippen molar-refractivity contribution in [1.82, 2.24) is 5.32 Å². The fraction of sp³-hybridized carbons (Fsp3) is 0.500. The van der Waals surface area contributed by atoms with Crippen LogP contribution in [0.5, 0.6) is 11.5 Å². The first-order chi connectivity index (χ1) is 9.00. The Morgan fingerprint density at radius 3 is 2.58 bits per heavy atom. The maximum atomic E-state index is 12.0. The van der Waals surface area contributed by atoms with E-state index in [0.717, 1.165) is 29.9 Å². The summed E-state index contributed by atoms with van der Waals surface area (Å²) in [5.74, 6) is 1.34. The highest BCUT2D eigenvalue weighted by Crippen LogP contribution is 2.34. The van der Waals surface area contributed by atoms with Crippen LogP contribution in [0.15, 0.2) is 18.2 Å². The number of nitrogens with two attached hydrogens (primary N) is 1. The molecule has 1 amide bonds. The van der Waals surface area contributed by atoms with Crippen molar-refractivity contribution in [1.29, 1.82) is 0 Å². The first kappa shape index (κ1) is 13.7. The molecule has 1 unspecified atom stereocenters. The number of benzene rings is 1. The van der Waals surface area contributed by atoms with Crippen LogP contribution in [0.3, 0.4) is 0 Å². The zero-order chi connectivity index (χ0) is 14.0. The van der Waals surface area contributed by atoms with Crippen molar-refractivity contribution >= 4 is 5.91 Å². The predicted octanol–water partition coefficient (Wildman–Crippen LogP) is 1.37. The number of nitrogens with one attached hydrogen (secondary N) is 1. The van der Waals surface area contributed by atoms with Gasteiger partial charge < -0.3 is 20.5 Å². The number of carbonyl (C=O) groups excluding carboxylic acids is 1. The van der Waals surface area contributed by atoms with Crippen LogP contribution < -0.4 is 20.5 Å². The molecule has 0 heterocycles. The van der Waals surface area contributed by atoms with E-state index in [-0.39, 0.29) is 11.9 Å². The lowest BCUT2D eigenvalue weighted by Gasteiger charge is -2.20. The van der Waals surface area contributed by atoms with Gasteiger partial charge in [-0.25, -0.2) is 0 Å². The molecule has 5 heteroatoms. The van der Waals surface area contributed by atoms with E-state index in [1.807, 2.05) is 25.1 Å². The van der Waals surface area contributed by atoms with Crippen LogP contribution in [0.2, 0.25) is 0 Å². The Morgan fingerprint density at radius 2 is 2.05 bits per heavy atom. The SMILES string of the molecule is COc1ccc(OC)c(C(C)NC(=O)C2(N)CC2)c1. The highest BCUT2D eigenvalue weighted by atomic mass is 16.5. The molecule has 3 N–H and O–H groups in total. The largest absolute Gasteiger partial charge is 0.497 e. The van der Waals surface area contributed by atoms with Crippen LogP contribution in [0.1, 0.15) is 31.4 Å². The molecule has 0 radical (unpaired) electrons. The van der Waals surface area contributed by atoms with E-state index in [9.17, 15) is 4.79 Å². The fourth-order valence-corrected chi connectivity index (χ4v) is 1.96. The zero-order valence-corrected chi connectivity index (χ0v) is 11.5. The smallest absolute Gasteiger partial charge is 0.240 e. The Hall–Kier alpha value is -1.75. The van der Waals surface area contributed by atoms with Gasteiger partial charge in [0.1, 0.15) is 11.5 Å². The Labute approximate surface area is 113 Å². The molecular formula is C14H20N2O3. The molecule has 1 saturated carbocycles. The summed E-state index contributed by atoms with van der Waals surface area (Å²) in [6, 6.07) is 5.33. The van der Waals surface area contributed by atoms with Crippen molar-refractivity contribution in [2.45, 2.75) is 31.3 Å². The van der Waals surface area contributed by atoms with Crippen molar-refractivity contribution < 1.29 is 14.3 Å². The molecule has 1 aliphatic carbocycles. The van der Waals surface area contributed by atoms with Crippen LogP contribution in [0.25, 0.3) is 0 Å². The Morgan fingerprint density at radius 1 is 1.37 bits per heavy atom. The van der Waals surface area contributed by atoms with Gasteiger partial charge in [-0.2, -0.15) is 0 Å². The van der Waals surface area contributed by atoms with Gasteiger partial charge in [-0.15, -0.1) is 0 Å². The molecular weight excluding hydrogens is 244 g/mol. The lowest BCUT2D eigenvalue weighted by atomic mass is 10.1. The quantitative estimate of drug-likeness (QED) is 0.842. The van der Waals surface area contributed by atoms with Crippen molar-refractivity contribution in [3.8, 4) is 11.5 Å². The molecule has 2 rings (SSSR count). The minimum Gasteiger partial charge on any atom is -0.497 e. The average Bonchev–Trinajstić information content (AvgIpc) is 3.17. The molecule has 19 heavy (non-hydrogen) atoms. The first-order valence-corrected chi connectivity index (χ1v) is 6.32. The second-order valence-electron chi connectivity index (χ2n) is 4.96. The lowest BCUT2D eigenvalue weighted by molar-refractivity contribution is -0.123. The van der Waals surface area contributed by atoms with E-state index in [4.69, 9.17) is 15.2 Å². The van der Waals surface area contributed by atoms with Crippen LogP contribution in [-0.4, -0.2) is 25.7 Å². The molecule has 5 nitrogen and oxygen atoms in total. The molecule has 1 fully saturated rings. The highest BCUT2D eigenvalue weighted by Gasteiger charge is 2.46. The molecule has 0 spiro atoms. The van der Waals surface area contributed by atoms with Crippen LogP contribution in [0.4, 0.5) is 0 Å². The van der Waals surface area contributed by atoms with Gasteiger partial charge in [-0.1, -0.05) is 0 Å². The summed E-state index contributed by atoms with van der Waals surface area (Å²) >= 11 is 0. The fourth-order valence-electron chi connectivity index (χ4n) is 1.96. The average molecular weight is 264 g/mol. The van der Waals surface area contributed by atoms with Gasteiger partial charge in [0, 0.05) is 5.56 Å². The third-order valence-corrected chi connectivity index (χ3v) is 3.49. The van der Waals surface area contributed by atoms with Crippen LogP contribution >= 0.6 is 0 Å². The number of carbonyl (C=O) groups is 1. The maximum Gasteiger partial charge on any atom is 0.240 e. The van der Waals surface area contributed by atoms with Gasteiger partial charge in [-0.05, 0) is 38.0 Å². The first-order valence-electron chi connectivity index (χ1n) is 6.32. The second-order valence-corrected chi connectivity index (χ2v) is 4.96. The van der Waals surface area contributed by atoms with E-state index >= 15 is 0 Å². The summed E-state index contributed by atoms with van der Waals surface area (Å²) in [5, 5.41) is 2.93. The Bertz CT molecular complexity index is 484. The highest BCUT2D eigenvalue weighted by molar-refractivity contribution is 5.89. The molecule has 1 aromatic rings. The number of hydrogen-bond donors (Lipinski definition) is 2. The van der Waals surface area contributed by atoms with Gasteiger partial charge in [0.2, 0.25) is 5.91 Å². The van der Waals surface area contributed by atoms with Gasteiger partial charge in [0.15, 0.2) is 0 Å². The minimum absolute atomic E-state index is 0.107. The number of hydrogen-bond acceptors (Lipinski definition) is 4. The van der Waals surface area contributed by atoms with E-state index in [1.165, 1.54) is 0 Å². The summed E-state index contributed by atoms with van der Waals surface area (Å²) in [6.45, 7) is 1.90. The van der Waals surface area contributed by atoms with E-state index in [0.29, 0.717) is 0 Å². The van der Waals surface area contributed by atoms with E-state index in [2.05, 4.69) is 5.32 Å². The van der Waals surface area contributed by atoms with Gasteiger partial charge >= 0.3 is 0 Å². The molecule has 0 aromatic heterocycles. The minimum atomic E-state index is -0.666. The number of amides is 1. The van der Waals surface area contributed by atoms with E-state index in [1.54, 1.807) is 14.2 Å². The molecule has 0 aliphatic heterocycles. The zero-order valence-electron chi connectivity index (χ0n) is 11.5. The van der Waals surface area contributed by atoms with Crippen LogP contribution in [-0.2, 0) is 4.79 Å². The third kappa shape index (κ3) is 2.81. The molecule has 0 bridgehead atoms. The summed E-state index contributed by atoms with van der Waals surface area (Å²) in [6.07, 6.45) is 1.50. The number of ether oxygens (including phenoxy) is 2. The predicted molar refractivity (Wildman–Crippen MR) is 72.3 cm³/mol. The summed E-state index contributed by atoms with van der Waals surface area (Å²) in [5.41, 5.74) is 6.08. The topological polar surface area (TPSA) is 73.6 Å². The van der Waals surface area contributed by atoms with Gasteiger partial charge in [-0.3, -0.25) is 4.79 Å². The van der Waals surface area contributed by atoms with Gasteiger partial charge in [0.25, 0.3) is 0 Å². The van der Waals surface area contributed by atoms with Gasteiger partial charge in [0.05, 0.1) is 25.8 Å². The Kier molecular flexibility index (Phi) is 3.66. The molecule has 1 aromatic carbocycles. The number of methoxy groups -OCH3 is 2. The standard InChI is InChI=1S/C14H20N2O3/c1-9(16-13(17)14(15)6-7-14)11-8-10(18-2)4-5-12(11)19-3/h4-5,8-9H,6-7,15H2,1-3H3,(H,16,17). The lowest BCUT2D eigenvalue weighted by Crippen LogP contribution is -2.43. The van der Waals surface area contributed by atoms with Crippen LogP contribution in [0, 0.1) is 0 Å². The monoisotopic (exact) mass is 264 g/mol. The summed E-state index contributed by atoms with van der Waals surface area (Å²) in [4.78, 5) is 12.0. The summed E-state index contributed by atoms with van der Waals surface area (Å²) < 4.78 is 10.5. The normalized spacial score (nSPS) is 17.5. The van der Waals surface area contributed by atoms with Crippen molar-refractivity contribution in [3.05, 3.63) is 23.8 Å². The molecule has 104 valence electrons. The summed E-state index contributed by atoms with van der Waals surface area (Å²) in [7, 11) is 3.21. The molecule has 0 saturated heterocycles. The van der Waals surface area contributed by atoms with Crippen molar-refractivity contribution in [2.24, 2.45) is 5.73 Å².